The maximum atomic E-state index is 11.9. The fraction of sp³-hybridized carbons (Fsp3) is 0.154. The van der Waals surface area contributed by atoms with E-state index < -0.39 is 0 Å². The lowest BCUT2D eigenvalue weighted by Crippen LogP contribution is -2.12. The van der Waals surface area contributed by atoms with Crippen molar-refractivity contribution in [1.29, 1.82) is 0 Å². The zero-order valence-electron chi connectivity index (χ0n) is 11.1. The Morgan fingerprint density at radius 3 is 2.70 bits per heavy atom. The Morgan fingerprint density at radius 1 is 1.30 bits per heavy atom. The molecular weight excluding hydrogens is 260 g/mol. The topological polar surface area (TPSA) is 96.1 Å². The molecule has 0 saturated carbocycles. The molecule has 0 spiro atoms. The monoisotopic (exact) mass is 274 g/mol. The van der Waals surface area contributed by atoms with Gasteiger partial charge in [0.05, 0.1) is 24.6 Å². The smallest absolute Gasteiger partial charge is 0.258 e. The second-order valence-corrected chi connectivity index (χ2v) is 4.04. The van der Waals surface area contributed by atoms with E-state index in [0.717, 1.165) is 0 Å². The van der Waals surface area contributed by atoms with Crippen molar-refractivity contribution in [1.82, 2.24) is 10.2 Å². The second kappa shape index (κ2) is 5.87. The fourth-order valence-electron chi connectivity index (χ4n) is 1.64. The summed E-state index contributed by atoms with van der Waals surface area (Å²) in [5, 5.41) is 11.6. The van der Waals surface area contributed by atoms with E-state index in [0.29, 0.717) is 22.7 Å². The van der Waals surface area contributed by atoms with Gasteiger partial charge in [-0.25, -0.2) is 0 Å². The fourth-order valence-corrected chi connectivity index (χ4v) is 1.64. The number of methoxy groups -OCH3 is 1. The molecule has 7 heteroatoms. The van der Waals surface area contributed by atoms with Crippen molar-refractivity contribution >= 4 is 23.2 Å². The Bertz CT molecular complexity index is 623. The van der Waals surface area contributed by atoms with E-state index in [4.69, 9.17) is 4.74 Å². The van der Waals surface area contributed by atoms with Crippen LogP contribution in [0.5, 0.6) is 5.75 Å². The first-order chi connectivity index (χ1) is 9.60. The van der Waals surface area contributed by atoms with E-state index in [2.05, 4.69) is 20.8 Å². The number of carbonyl (C=O) groups excluding carboxylic acids is 2. The third-order valence-electron chi connectivity index (χ3n) is 2.53. The molecule has 0 unspecified atom stereocenters. The highest BCUT2D eigenvalue weighted by Crippen LogP contribution is 2.28. The molecule has 0 radical (unpaired) electrons. The quantitative estimate of drug-likeness (QED) is 0.789. The highest BCUT2D eigenvalue weighted by molar-refractivity contribution is 6.04. The first kappa shape index (κ1) is 13.6. The van der Waals surface area contributed by atoms with Crippen molar-refractivity contribution in [2.24, 2.45) is 0 Å². The van der Waals surface area contributed by atoms with Crippen LogP contribution >= 0.6 is 0 Å². The van der Waals surface area contributed by atoms with E-state index >= 15 is 0 Å². The molecule has 3 N–H and O–H groups in total. The number of nitrogens with zero attached hydrogens (tertiary/aromatic N) is 1. The van der Waals surface area contributed by atoms with Gasteiger partial charge < -0.3 is 15.4 Å². The van der Waals surface area contributed by atoms with E-state index in [1.165, 1.54) is 26.4 Å². The number of ether oxygens (including phenoxy) is 1. The minimum atomic E-state index is -0.284. The second-order valence-electron chi connectivity index (χ2n) is 4.04. The molecule has 0 saturated heterocycles. The molecule has 2 aromatic rings. The van der Waals surface area contributed by atoms with E-state index in [1.807, 2.05) is 0 Å². The van der Waals surface area contributed by atoms with Crippen LogP contribution in [0.15, 0.2) is 30.6 Å². The lowest BCUT2D eigenvalue weighted by molar-refractivity contribution is -0.114. The first-order valence-corrected chi connectivity index (χ1v) is 5.86. The standard InChI is InChI=1S/C13H14N4O3/c1-8(18)16-11-4-3-10(5-12(11)20-2)17-13(19)9-6-14-15-7-9/h3-7H,1-2H3,(H,14,15)(H,16,18)(H,17,19). The molecule has 1 aromatic heterocycles. The third-order valence-corrected chi connectivity index (χ3v) is 2.53. The van der Waals surface area contributed by atoms with Crippen LogP contribution in [-0.2, 0) is 4.79 Å². The number of benzene rings is 1. The molecule has 0 atom stereocenters. The van der Waals surface area contributed by atoms with E-state index in [9.17, 15) is 9.59 Å². The number of anilines is 2. The molecule has 104 valence electrons. The normalized spacial score (nSPS) is 9.90. The summed E-state index contributed by atoms with van der Waals surface area (Å²) in [6, 6.07) is 4.96. The predicted octanol–water partition coefficient (Wildman–Crippen LogP) is 1.63. The maximum Gasteiger partial charge on any atom is 0.258 e. The maximum absolute atomic E-state index is 11.9. The van der Waals surface area contributed by atoms with Gasteiger partial charge in [-0.2, -0.15) is 5.10 Å². The molecule has 0 aliphatic carbocycles. The van der Waals surface area contributed by atoms with Crippen LogP contribution < -0.4 is 15.4 Å². The third kappa shape index (κ3) is 3.14. The molecule has 0 aliphatic rings. The number of rotatable bonds is 4. The molecule has 1 aromatic carbocycles. The van der Waals surface area contributed by atoms with Crippen molar-refractivity contribution in [2.45, 2.75) is 6.92 Å². The number of aromatic nitrogens is 2. The summed E-state index contributed by atoms with van der Waals surface area (Å²) in [6.07, 6.45) is 2.93. The lowest BCUT2D eigenvalue weighted by Gasteiger charge is -2.11. The molecule has 0 aliphatic heterocycles. The molecule has 0 bridgehead atoms. The summed E-state index contributed by atoms with van der Waals surface area (Å²) in [4.78, 5) is 22.9. The largest absolute Gasteiger partial charge is 0.494 e. The van der Waals surface area contributed by atoms with Crippen LogP contribution in [0, 0.1) is 0 Å². The van der Waals surface area contributed by atoms with Crippen molar-refractivity contribution in [3.63, 3.8) is 0 Å². The van der Waals surface area contributed by atoms with Gasteiger partial charge >= 0.3 is 0 Å². The average molecular weight is 274 g/mol. The molecular formula is C13H14N4O3. The van der Waals surface area contributed by atoms with Gasteiger partial charge in [-0.1, -0.05) is 0 Å². The SMILES string of the molecule is COc1cc(NC(=O)c2cn[nH]c2)ccc1NC(C)=O. The van der Waals surface area contributed by atoms with Gasteiger partial charge in [-0.3, -0.25) is 14.7 Å². The molecule has 2 amide bonds. The Morgan fingerprint density at radius 2 is 2.10 bits per heavy atom. The lowest BCUT2D eigenvalue weighted by atomic mass is 10.2. The minimum absolute atomic E-state index is 0.196. The summed E-state index contributed by atoms with van der Waals surface area (Å²) in [7, 11) is 1.49. The number of nitrogens with one attached hydrogen (secondary N) is 3. The molecule has 7 nitrogen and oxygen atoms in total. The van der Waals surface area contributed by atoms with Crippen LogP contribution in [0.4, 0.5) is 11.4 Å². The Hall–Kier alpha value is -2.83. The molecule has 0 fully saturated rings. The van der Waals surface area contributed by atoms with Crippen molar-refractivity contribution in [2.75, 3.05) is 17.7 Å². The number of amides is 2. The van der Waals surface area contributed by atoms with Gasteiger partial charge in [-0.15, -0.1) is 0 Å². The van der Waals surface area contributed by atoms with Gasteiger partial charge in [0.15, 0.2) is 0 Å². The van der Waals surface area contributed by atoms with Gasteiger partial charge in [0.2, 0.25) is 5.91 Å². The highest BCUT2D eigenvalue weighted by Gasteiger charge is 2.10. The van der Waals surface area contributed by atoms with Crippen molar-refractivity contribution in [3.05, 3.63) is 36.2 Å². The predicted molar refractivity (Wildman–Crippen MR) is 73.8 cm³/mol. The Labute approximate surface area is 115 Å². The minimum Gasteiger partial charge on any atom is -0.494 e. The summed E-state index contributed by atoms with van der Waals surface area (Å²) in [5.74, 6) is -0.0169. The molecule has 1 heterocycles. The van der Waals surface area contributed by atoms with Gasteiger partial charge in [0, 0.05) is 24.9 Å². The van der Waals surface area contributed by atoms with Crippen LogP contribution in [0.1, 0.15) is 17.3 Å². The molecule has 2 rings (SSSR count). The van der Waals surface area contributed by atoms with Crippen LogP contribution in [0.2, 0.25) is 0 Å². The Kier molecular flexibility index (Phi) is 3.99. The van der Waals surface area contributed by atoms with Gasteiger partial charge in [0.25, 0.3) is 5.91 Å². The highest BCUT2D eigenvalue weighted by atomic mass is 16.5. The summed E-state index contributed by atoms with van der Waals surface area (Å²) in [6.45, 7) is 1.41. The van der Waals surface area contributed by atoms with E-state index in [-0.39, 0.29) is 11.8 Å². The summed E-state index contributed by atoms with van der Waals surface area (Å²) >= 11 is 0. The number of H-pyrrole nitrogens is 1. The molecule has 20 heavy (non-hydrogen) atoms. The van der Waals surface area contributed by atoms with E-state index in [1.54, 1.807) is 18.2 Å². The number of hydrogen-bond acceptors (Lipinski definition) is 4. The summed E-state index contributed by atoms with van der Waals surface area (Å²) < 4.78 is 5.17. The van der Waals surface area contributed by atoms with Crippen molar-refractivity contribution in [3.8, 4) is 5.75 Å². The Balaban J connectivity index is 2.17. The average Bonchev–Trinajstić information content (AvgIpc) is 2.94. The van der Waals surface area contributed by atoms with Gasteiger partial charge in [0.1, 0.15) is 5.75 Å². The number of aromatic amines is 1. The van der Waals surface area contributed by atoms with Crippen LogP contribution in [0.3, 0.4) is 0 Å². The van der Waals surface area contributed by atoms with Crippen LogP contribution in [-0.4, -0.2) is 29.1 Å². The zero-order chi connectivity index (χ0) is 14.5. The van der Waals surface area contributed by atoms with Crippen LogP contribution in [0.25, 0.3) is 0 Å². The first-order valence-electron chi connectivity index (χ1n) is 5.86. The number of hydrogen-bond donors (Lipinski definition) is 3. The van der Waals surface area contributed by atoms with Crippen molar-refractivity contribution < 1.29 is 14.3 Å². The van der Waals surface area contributed by atoms with Gasteiger partial charge in [-0.05, 0) is 12.1 Å². The summed E-state index contributed by atoms with van der Waals surface area (Å²) in [5.41, 5.74) is 1.53. The number of carbonyl (C=O) groups is 2. The zero-order valence-corrected chi connectivity index (χ0v) is 11.1.